The van der Waals surface area contributed by atoms with Crippen molar-refractivity contribution in [1.29, 1.82) is 0 Å². The largest absolute Gasteiger partial charge is 0.489 e. The van der Waals surface area contributed by atoms with Crippen LogP contribution >= 0.6 is 11.6 Å². The van der Waals surface area contributed by atoms with E-state index >= 15 is 0 Å². The van der Waals surface area contributed by atoms with Crippen molar-refractivity contribution in [2.24, 2.45) is 0 Å². The number of amides is 1. The van der Waals surface area contributed by atoms with Gasteiger partial charge in [0.25, 0.3) is 0 Å². The lowest BCUT2D eigenvalue weighted by Gasteiger charge is -2.32. The standard InChI is InChI=1S/C25H28ClN5O2/c1-18(2)17-33-23-8-7-21(26)13-20(23)14-31-19(3)12-24(28-31)30-11-10-29(16-25(30)32)15-22-6-4-5-9-27-22/h4-9,12-13H,1,10-11,14-17H2,2-3H3. The van der Waals surface area contributed by atoms with Gasteiger partial charge < -0.3 is 4.74 Å². The summed E-state index contributed by atoms with van der Waals surface area (Å²) in [5, 5.41) is 5.36. The molecule has 2 aromatic heterocycles. The molecule has 1 saturated heterocycles. The van der Waals surface area contributed by atoms with Crippen LogP contribution < -0.4 is 9.64 Å². The lowest BCUT2D eigenvalue weighted by molar-refractivity contribution is -0.121. The van der Waals surface area contributed by atoms with Crippen molar-refractivity contribution < 1.29 is 9.53 Å². The van der Waals surface area contributed by atoms with Crippen LogP contribution in [-0.4, -0.2) is 51.8 Å². The summed E-state index contributed by atoms with van der Waals surface area (Å²) in [4.78, 5) is 21.1. The number of hydrogen-bond donors (Lipinski definition) is 0. The van der Waals surface area contributed by atoms with Crippen LogP contribution in [0.1, 0.15) is 23.9 Å². The Hall–Kier alpha value is -3.16. The van der Waals surface area contributed by atoms with Gasteiger partial charge in [0.1, 0.15) is 12.4 Å². The monoisotopic (exact) mass is 465 g/mol. The van der Waals surface area contributed by atoms with Gasteiger partial charge in [-0.05, 0) is 49.8 Å². The highest BCUT2D eigenvalue weighted by atomic mass is 35.5. The van der Waals surface area contributed by atoms with Gasteiger partial charge in [-0.1, -0.05) is 24.2 Å². The molecule has 8 heteroatoms. The number of halogens is 1. The molecule has 0 saturated carbocycles. The van der Waals surface area contributed by atoms with E-state index in [2.05, 4.69) is 16.5 Å². The van der Waals surface area contributed by atoms with Gasteiger partial charge in [0, 0.05) is 48.2 Å². The summed E-state index contributed by atoms with van der Waals surface area (Å²) in [6.45, 7) is 11.1. The summed E-state index contributed by atoms with van der Waals surface area (Å²) >= 11 is 6.24. The Labute approximate surface area is 199 Å². The number of carbonyl (C=O) groups excluding carboxylic acids is 1. The van der Waals surface area contributed by atoms with Gasteiger partial charge in [-0.3, -0.25) is 24.3 Å². The molecule has 0 atom stereocenters. The van der Waals surface area contributed by atoms with Gasteiger partial charge in [0.2, 0.25) is 5.91 Å². The molecule has 1 fully saturated rings. The minimum atomic E-state index is 0.0371. The third-order valence-corrected chi connectivity index (χ3v) is 5.71. The molecule has 0 bridgehead atoms. The van der Waals surface area contributed by atoms with E-state index in [9.17, 15) is 4.79 Å². The Morgan fingerprint density at radius 3 is 2.76 bits per heavy atom. The van der Waals surface area contributed by atoms with Gasteiger partial charge in [-0.15, -0.1) is 0 Å². The first kappa shape index (κ1) is 23.0. The van der Waals surface area contributed by atoms with Gasteiger partial charge in [0.05, 0.1) is 18.8 Å². The minimum absolute atomic E-state index is 0.0371. The number of pyridine rings is 1. The molecule has 0 radical (unpaired) electrons. The fourth-order valence-corrected chi connectivity index (χ4v) is 3.97. The molecule has 172 valence electrons. The van der Waals surface area contributed by atoms with Crippen LogP contribution in [0.25, 0.3) is 0 Å². The second kappa shape index (κ2) is 10.2. The number of nitrogens with zero attached hydrogens (tertiary/aromatic N) is 5. The summed E-state index contributed by atoms with van der Waals surface area (Å²) in [5.41, 5.74) is 3.78. The van der Waals surface area contributed by atoms with Crippen LogP contribution in [0.3, 0.4) is 0 Å². The third kappa shape index (κ3) is 5.80. The van der Waals surface area contributed by atoms with Crippen molar-refractivity contribution in [3.8, 4) is 5.75 Å². The van der Waals surface area contributed by atoms with Gasteiger partial charge in [-0.25, -0.2) is 0 Å². The van der Waals surface area contributed by atoms with E-state index in [0.717, 1.165) is 34.8 Å². The summed E-state index contributed by atoms with van der Waals surface area (Å²) in [7, 11) is 0. The van der Waals surface area contributed by atoms with Crippen molar-refractivity contribution in [3.63, 3.8) is 0 Å². The molecule has 1 aliphatic rings. The highest BCUT2D eigenvalue weighted by molar-refractivity contribution is 6.30. The fraction of sp³-hybridized carbons (Fsp3) is 0.320. The van der Waals surface area contributed by atoms with Crippen LogP contribution in [0.15, 0.2) is 60.8 Å². The Morgan fingerprint density at radius 1 is 1.18 bits per heavy atom. The quantitative estimate of drug-likeness (QED) is 0.469. The van der Waals surface area contributed by atoms with Gasteiger partial charge in [-0.2, -0.15) is 5.10 Å². The zero-order chi connectivity index (χ0) is 23.4. The summed E-state index contributed by atoms with van der Waals surface area (Å²) < 4.78 is 7.77. The molecule has 3 heterocycles. The molecule has 7 nitrogen and oxygen atoms in total. The number of aryl methyl sites for hydroxylation is 1. The number of rotatable bonds is 8. The van der Waals surface area contributed by atoms with Crippen molar-refractivity contribution in [3.05, 3.63) is 82.8 Å². The van der Waals surface area contributed by atoms with E-state index in [0.29, 0.717) is 43.6 Å². The van der Waals surface area contributed by atoms with E-state index in [-0.39, 0.29) is 5.91 Å². The number of piperazine rings is 1. The molecular weight excluding hydrogens is 438 g/mol. The van der Waals surface area contributed by atoms with Gasteiger partial charge >= 0.3 is 0 Å². The number of carbonyl (C=O) groups is 1. The summed E-state index contributed by atoms with van der Waals surface area (Å²) in [6, 6.07) is 13.3. The van der Waals surface area contributed by atoms with Crippen molar-refractivity contribution in [1.82, 2.24) is 19.7 Å². The Balaban J connectivity index is 1.45. The molecule has 0 spiro atoms. The van der Waals surface area contributed by atoms with E-state index in [4.69, 9.17) is 21.4 Å². The molecule has 1 aromatic carbocycles. The van der Waals surface area contributed by atoms with Crippen LogP contribution in [0, 0.1) is 6.92 Å². The van der Waals surface area contributed by atoms with Crippen molar-refractivity contribution >= 4 is 23.3 Å². The maximum atomic E-state index is 12.9. The van der Waals surface area contributed by atoms with E-state index in [1.807, 2.05) is 61.0 Å². The van der Waals surface area contributed by atoms with Crippen molar-refractivity contribution in [2.45, 2.75) is 26.9 Å². The van der Waals surface area contributed by atoms with E-state index in [1.54, 1.807) is 11.1 Å². The third-order valence-electron chi connectivity index (χ3n) is 5.47. The van der Waals surface area contributed by atoms with Crippen LogP contribution in [0.2, 0.25) is 5.02 Å². The molecule has 33 heavy (non-hydrogen) atoms. The number of anilines is 1. The fourth-order valence-electron chi connectivity index (χ4n) is 3.78. The molecule has 3 aromatic rings. The van der Waals surface area contributed by atoms with Crippen LogP contribution in [0.5, 0.6) is 5.75 Å². The molecule has 0 aliphatic carbocycles. The minimum Gasteiger partial charge on any atom is -0.489 e. The maximum Gasteiger partial charge on any atom is 0.242 e. The van der Waals surface area contributed by atoms with Crippen LogP contribution in [0.4, 0.5) is 5.82 Å². The zero-order valence-electron chi connectivity index (χ0n) is 19.0. The zero-order valence-corrected chi connectivity index (χ0v) is 19.8. The van der Waals surface area contributed by atoms with E-state index < -0.39 is 0 Å². The van der Waals surface area contributed by atoms with Crippen LogP contribution in [-0.2, 0) is 17.9 Å². The Kier molecular flexibility index (Phi) is 7.11. The highest BCUT2D eigenvalue weighted by Crippen LogP contribution is 2.26. The molecule has 0 unspecified atom stereocenters. The van der Waals surface area contributed by atoms with Gasteiger partial charge in [0.15, 0.2) is 5.82 Å². The van der Waals surface area contributed by atoms with E-state index in [1.165, 1.54) is 0 Å². The highest BCUT2D eigenvalue weighted by Gasteiger charge is 2.27. The number of ether oxygens (including phenoxy) is 1. The topological polar surface area (TPSA) is 63.5 Å². The second-order valence-electron chi connectivity index (χ2n) is 8.38. The van der Waals surface area contributed by atoms with Crippen molar-refractivity contribution in [2.75, 3.05) is 31.1 Å². The maximum absolute atomic E-state index is 12.9. The number of benzene rings is 1. The molecule has 0 N–H and O–H groups in total. The predicted molar refractivity (Wildman–Crippen MR) is 130 cm³/mol. The SMILES string of the molecule is C=C(C)COc1ccc(Cl)cc1Cn1nc(N2CCN(Cc3ccccn3)CC2=O)cc1C. The smallest absolute Gasteiger partial charge is 0.242 e. The first-order chi connectivity index (χ1) is 15.9. The number of aromatic nitrogens is 3. The summed E-state index contributed by atoms with van der Waals surface area (Å²) in [6.07, 6.45) is 1.78. The molecule has 1 aliphatic heterocycles. The Bertz CT molecular complexity index is 1140. The lowest BCUT2D eigenvalue weighted by atomic mass is 10.2. The normalized spacial score (nSPS) is 14.5. The molecule has 4 rings (SSSR count). The number of hydrogen-bond acceptors (Lipinski definition) is 5. The predicted octanol–water partition coefficient (Wildman–Crippen LogP) is 4.09. The average Bonchev–Trinajstić information content (AvgIpc) is 3.13. The molecular formula is C25H28ClN5O2. The molecule has 1 amide bonds. The lowest BCUT2D eigenvalue weighted by Crippen LogP contribution is -2.50. The second-order valence-corrected chi connectivity index (χ2v) is 8.81. The average molecular weight is 466 g/mol. The first-order valence-corrected chi connectivity index (χ1v) is 11.3. The Morgan fingerprint density at radius 2 is 2.03 bits per heavy atom. The summed E-state index contributed by atoms with van der Waals surface area (Å²) in [5.74, 6) is 1.45. The first-order valence-electron chi connectivity index (χ1n) is 10.9.